The Hall–Kier alpha value is -3.51. The number of aliphatic hydroxyl groups is 10. The quantitative estimate of drug-likeness (QED) is 0.105. The van der Waals surface area contributed by atoms with E-state index in [-0.39, 0.29) is 17.1 Å². The van der Waals surface area contributed by atoms with Gasteiger partial charge in [-0.05, 0) is 24.3 Å². The van der Waals surface area contributed by atoms with Gasteiger partial charge < -0.3 is 89.4 Å². The number of benzene rings is 2. The van der Waals surface area contributed by atoms with Gasteiger partial charge in [-0.15, -0.1) is 0 Å². The van der Waals surface area contributed by atoms with Gasteiger partial charge in [-0.2, -0.15) is 0 Å². The lowest BCUT2D eigenvalue weighted by atomic mass is 9.89. The highest BCUT2D eigenvalue weighted by atomic mass is 16.7. The van der Waals surface area contributed by atoms with Gasteiger partial charge in [0, 0.05) is 17.7 Å². The summed E-state index contributed by atoms with van der Waals surface area (Å²) in [6, 6.07) is 7.72. The third-order valence-corrected chi connectivity index (χ3v) is 9.15. The van der Waals surface area contributed by atoms with Crippen LogP contribution in [-0.2, 0) is 18.9 Å². The summed E-state index contributed by atoms with van der Waals surface area (Å²) in [5, 5.41) is 123. The van der Waals surface area contributed by atoms with Gasteiger partial charge in [-0.1, -0.05) is 0 Å². The number of phenolic OH excluding ortho intramolecular Hbond substituents is 2. The highest BCUT2D eigenvalue weighted by Gasteiger charge is 2.51. The lowest BCUT2D eigenvalue weighted by Crippen LogP contribution is -2.60. The van der Waals surface area contributed by atoms with Gasteiger partial charge in [0.1, 0.15) is 107 Å². The molecule has 0 saturated carbocycles. The highest BCUT2D eigenvalue weighted by molar-refractivity contribution is 5.88. The molecule has 2 aromatic carbocycles. The van der Waals surface area contributed by atoms with E-state index in [4.69, 9.17) is 28.1 Å². The second-order valence-corrected chi connectivity index (χ2v) is 12.5. The van der Waals surface area contributed by atoms with Gasteiger partial charge >= 0.3 is 0 Å². The van der Waals surface area contributed by atoms with Crippen LogP contribution in [0.25, 0.3) is 22.3 Å². The van der Waals surface area contributed by atoms with Crippen molar-refractivity contribution in [1.82, 2.24) is 0 Å². The first-order valence-corrected chi connectivity index (χ1v) is 15.8. The molecule has 3 fully saturated rings. The van der Waals surface area contributed by atoms with Crippen molar-refractivity contribution >= 4 is 11.0 Å². The number of fused-ring (bicyclic) bond motifs is 1. The molecule has 3 aliphatic heterocycles. The first kappa shape index (κ1) is 37.3. The summed E-state index contributed by atoms with van der Waals surface area (Å²) in [5.41, 5.74) is -1.31. The average molecular weight is 727 g/mol. The molecule has 3 saturated heterocycles. The first-order valence-electron chi connectivity index (χ1n) is 15.8. The normalized spacial score (nSPS) is 37.4. The molecule has 6 rings (SSSR count). The van der Waals surface area contributed by atoms with Gasteiger partial charge in [0.2, 0.25) is 6.29 Å². The molecule has 19 nitrogen and oxygen atoms in total. The molecule has 280 valence electrons. The van der Waals surface area contributed by atoms with E-state index in [2.05, 4.69) is 0 Å². The van der Waals surface area contributed by atoms with Gasteiger partial charge in [-0.25, -0.2) is 0 Å². The molecule has 12 N–H and O–H groups in total. The van der Waals surface area contributed by atoms with Crippen LogP contribution in [0.4, 0.5) is 0 Å². The summed E-state index contributed by atoms with van der Waals surface area (Å²) in [7, 11) is 0. The smallest absolute Gasteiger partial charge is 0.229 e. The zero-order valence-corrected chi connectivity index (χ0v) is 26.4. The predicted octanol–water partition coefficient (Wildman–Crippen LogP) is -3.97. The van der Waals surface area contributed by atoms with Gasteiger partial charge in [0.15, 0.2) is 11.7 Å². The van der Waals surface area contributed by atoms with E-state index < -0.39 is 134 Å². The van der Waals surface area contributed by atoms with E-state index >= 15 is 0 Å². The maximum atomic E-state index is 13.4. The van der Waals surface area contributed by atoms with Crippen LogP contribution in [0.3, 0.4) is 0 Å². The Kier molecular flexibility index (Phi) is 10.8. The molecule has 19 heteroatoms. The molecule has 14 atom stereocenters. The zero-order valence-electron chi connectivity index (χ0n) is 26.4. The number of aliphatic hydroxyl groups excluding tert-OH is 10. The van der Waals surface area contributed by atoms with Crippen LogP contribution in [0.15, 0.2) is 45.6 Å². The minimum atomic E-state index is -1.90. The molecule has 0 aliphatic carbocycles. The second kappa shape index (κ2) is 14.8. The van der Waals surface area contributed by atoms with Crippen molar-refractivity contribution in [2.24, 2.45) is 0 Å². The standard InChI is InChI=1S/C32H38O19/c33-7-17-23(40)26(43)30(51-31-27(44)21(38)14(37)9-46-31)29(49-17)20-13(36)6-16-19(24(20)41)12(35)5-15(48-16)10-1-3-11(4-2-10)47-32-28(45)25(42)22(39)18(8-34)50-32/h1-6,14,17-18,21-23,25-34,36-45H,7-9H2/t14-,17-,18+,21-,22-,23-,25+,26+,27-,28-,29+,30-,31-,32-/m1/s1. The van der Waals surface area contributed by atoms with Crippen molar-refractivity contribution in [3.8, 4) is 28.6 Å². The fraction of sp³-hybridized carbons (Fsp3) is 0.531. The molecule has 1 aromatic heterocycles. The van der Waals surface area contributed by atoms with Crippen molar-refractivity contribution in [3.05, 3.63) is 52.2 Å². The molecule has 4 heterocycles. The topological polar surface area (TPSA) is 319 Å². The molecule has 3 aliphatic rings. The molecular weight excluding hydrogens is 688 g/mol. The predicted molar refractivity (Wildman–Crippen MR) is 165 cm³/mol. The van der Waals surface area contributed by atoms with Gasteiger partial charge in [0.05, 0.1) is 25.4 Å². The van der Waals surface area contributed by atoms with Crippen LogP contribution in [-0.4, -0.2) is 161 Å². The molecule has 0 unspecified atom stereocenters. The number of hydrogen-bond acceptors (Lipinski definition) is 19. The van der Waals surface area contributed by atoms with E-state index in [1.54, 1.807) is 0 Å². The van der Waals surface area contributed by atoms with Crippen LogP contribution >= 0.6 is 0 Å². The largest absolute Gasteiger partial charge is 0.507 e. The maximum Gasteiger partial charge on any atom is 0.229 e. The fourth-order valence-corrected chi connectivity index (χ4v) is 6.25. The maximum absolute atomic E-state index is 13.4. The summed E-state index contributed by atoms with van der Waals surface area (Å²) < 4.78 is 33.4. The molecule has 3 aromatic rings. The Morgan fingerprint density at radius 1 is 0.725 bits per heavy atom. The second-order valence-electron chi connectivity index (χ2n) is 12.5. The van der Waals surface area contributed by atoms with Crippen molar-refractivity contribution in [1.29, 1.82) is 0 Å². The Balaban J connectivity index is 1.29. The minimum Gasteiger partial charge on any atom is -0.507 e. The van der Waals surface area contributed by atoms with Crippen molar-refractivity contribution in [2.45, 2.75) is 85.8 Å². The summed E-state index contributed by atoms with van der Waals surface area (Å²) in [6.07, 6.45) is -22.9. The lowest BCUT2D eigenvalue weighted by molar-refractivity contribution is -0.325. The highest BCUT2D eigenvalue weighted by Crippen LogP contribution is 2.46. The number of phenols is 2. The van der Waals surface area contributed by atoms with Crippen molar-refractivity contribution in [2.75, 3.05) is 19.8 Å². The van der Waals surface area contributed by atoms with Crippen LogP contribution in [0.2, 0.25) is 0 Å². The Labute approximate surface area is 286 Å². The fourth-order valence-electron chi connectivity index (χ4n) is 6.25. The van der Waals surface area contributed by atoms with Crippen LogP contribution in [0.5, 0.6) is 17.2 Å². The monoisotopic (exact) mass is 726 g/mol. The van der Waals surface area contributed by atoms with E-state index in [0.717, 1.165) is 12.1 Å². The van der Waals surface area contributed by atoms with Crippen LogP contribution in [0, 0.1) is 0 Å². The van der Waals surface area contributed by atoms with E-state index in [1.807, 2.05) is 0 Å². The van der Waals surface area contributed by atoms with Crippen LogP contribution < -0.4 is 10.2 Å². The SMILES string of the molecule is O=c1cc(-c2ccc(O[C@@H]3O[C@@H](CO)[C@@H](O)[C@H](O)[C@H]3O)cc2)oc2cc(O)c([C@@H]3O[C@H](CO)[C@@H](O)[C@H](O)[C@H]3O[C@H]3OC[C@@H](O)[C@@H](O)[C@H]3O)c(O)c12. The van der Waals surface area contributed by atoms with Crippen LogP contribution in [0.1, 0.15) is 11.7 Å². The molecule has 51 heavy (non-hydrogen) atoms. The Morgan fingerprint density at radius 3 is 2.02 bits per heavy atom. The lowest BCUT2D eigenvalue weighted by Gasteiger charge is -2.45. The van der Waals surface area contributed by atoms with E-state index in [9.17, 15) is 66.1 Å². The number of hydrogen-bond donors (Lipinski definition) is 12. The van der Waals surface area contributed by atoms with Gasteiger partial charge in [-0.3, -0.25) is 4.79 Å². The van der Waals surface area contributed by atoms with E-state index in [1.165, 1.54) is 24.3 Å². The molecule has 0 spiro atoms. The first-order chi connectivity index (χ1) is 24.2. The summed E-state index contributed by atoms with van der Waals surface area (Å²) in [5.74, 6) is -1.51. The summed E-state index contributed by atoms with van der Waals surface area (Å²) in [4.78, 5) is 13.4. The number of aromatic hydroxyl groups is 2. The number of rotatable bonds is 8. The Bertz CT molecular complexity index is 1730. The summed E-state index contributed by atoms with van der Waals surface area (Å²) in [6.45, 7) is -1.96. The zero-order chi connectivity index (χ0) is 36.9. The molecular formula is C32H38O19. The number of ether oxygens (including phenoxy) is 5. The minimum absolute atomic E-state index is 0.0309. The van der Waals surface area contributed by atoms with Gasteiger partial charge in [0.25, 0.3) is 0 Å². The third kappa shape index (κ3) is 6.90. The van der Waals surface area contributed by atoms with Crippen molar-refractivity contribution in [3.63, 3.8) is 0 Å². The van der Waals surface area contributed by atoms with E-state index in [0.29, 0.717) is 5.56 Å². The molecule has 0 radical (unpaired) electrons. The molecule has 0 bridgehead atoms. The Morgan fingerprint density at radius 2 is 1.35 bits per heavy atom. The average Bonchev–Trinajstić information content (AvgIpc) is 3.11. The summed E-state index contributed by atoms with van der Waals surface area (Å²) >= 11 is 0. The third-order valence-electron chi connectivity index (χ3n) is 9.15. The molecule has 0 amide bonds. The van der Waals surface area contributed by atoms with Crippen molar-refractivity contribution < 1.29 is 89.4 Å².